The van der Waals surface area contributed by atoms with Crippen molar-refractivity contribution in [2.24, 2.45) is 11.7 Å². The van der Waals surface area contributed by atoms with Gasteiger partial charge in [-0.2, -0.15) is 0 Å². The minimum absolute atomic E-state index is 0.00537. The highest BCUT2D eigenvalue weighted by atomic mass is 16.2. The van der Waals surface area contributed by atoms with E-state index in [9.17, 15) is 14.4 Å². The number of benzene rings is 1. The van der Waals surface area contributed by atoms with Crippen molar-refractivity contribution in [3.8, 4) is 0 Å². The van der Waals surface area contributed by atoms with Gasteiger partial charge in [0.05, 0.1) is 11.1 Å². The van der Waals surface area contributed by atoms with Crippen LogP contribution < -0.4 is 5.73 Å². The van der Waals surface area contributed by atoms with Gasteiger partial charge >= 0.3 is 0 Å². The van der Waals surface area contributed by atoms with E-state index < -0.39 is 0 Å². The summed E-state index contributed by atoms with van der Waals surface area (Å²) in [5.74, 6) is -0.226. The summed E-state index contributed by atoms with van der Waals surface area (Å²) in [7, 11) is 0. The van der Waals surface area contributed by atoms with Crippen molar-refractivity contribution < 1.29 is 14.4 Å². The van der Waals surface area contributed by atoms with Crippen LogP contribution in [0.15, 0.2) is 18.2 Å². The third-order valence-electron chi connectivity index (χ3n) is 6.59. The number of piperidine rings is 1. The Morgan fingerprint density at radius 1 is 1.04 bits per heavy atom. The number of imide groups is 1. The number of nitrogens with two attached hydrogens (primary N) is 1. The van der Waals surface area contributed by atoms with Crippen LogP contribution >= 0.6 is 0 Å². The molecule has 2 fully saturated rings. The molecule has 1 aliphatic carbocycles. The molecular weight excluding hydrogens is 354 g/mol. The van der Waals surface area contributed by atoms with Crippen LogP contribution in [0.2, 0.25) is 0 Å². The number of rotatable bonds is 3. The van der Waals surface area contributed by atoms with Crippen molar-refractivity contribution >= 4 is 17.7 Å². The van der Waals surface area contributed by atoms with Crippen molar-refractivity contribution in [1.82, 2.24) is 9.80 Å². The molecule has 0 spiro atoms. The first kappa shape index (κ1) is 19.1. The number of fused-ring (bicyclic) bond motifs is 1. The summed E-state index contributed by atoms with van der Waals surface area (Å²) < 4.78 is 0. The topological polar surface area (TPSA) is 83.7 Å². The monoisotopic (exact) mass is 383 g/mol. The first-order valence-electron chi connectivity index (χ1n) is 10.5. The van der Waals surface area contributed by atoms with E-state index in [1.54, 1.807) is 18.2 Å². The Bertz CT molecular complexity index is 798. The first-order chi connectivity index (χ1) is 13.5. The SMILES string of the molecule is CC(N)C1CCCN(C(=O)c2ccc3c(c2)C(=O)N(C2CCCCC2)C3=O)C1. The highest BCUT2D eigenvalue weighted by molar-refractivity contribution is 6.22. The van der Waals surface area contributed by atoms with E-state index in [1.807, 2.05) is 11.8 Å². The van der Waals surface area contributed by atoms with Crippen molar-refractivity contribution in [1.29, 1.82) is 0 Å². The third-order valence-corrected chi connectivity index (χ3v) is 6.59. The quantitative estimate of drug-likeness (QED) is 0.814. The van der Waals surface area contributed by atoms with Gasteiger partial charge in [-0.15, -0.1) is 0 Å². The number of hydrogen-bond acceptors (Lipinski definition) is 4. The molecule has 6 heteroatoms. The second kappa shape index (κ2) is 7.66. The van der Waals surface area contributed by atoms with Crippen LogP contribution in [0.4, 0.5) is 0 Å². The van der Waals surface area contributed by atoms with Crippen molar-refractivity contribution in [3.63, 3.8) is 0 Å². The third kappa shape index (κ3) is 3.34. The summed E-state index contributed by atoms with van der Waals surface area (Å²) in [4.78, 5) is 42.0. The van der Waals surface area contributed by atoms with Gasteiger partial charge in [0.25, 0.3) is 17.7 Å². The molecule has 1 aromatic carbocycles. The zero-order valence-electron chi connectivity index (χ0n) is 16.5. The highest BCUT2D eigenvalue weighted by Gasteiger charge is 2.40. The maximum absolute atomic E-state index is 13.0. The molecule has 2 heterocycles. The van der Waals surface area contributed by atoms with Gasteiger partial charge in [-0.3, -0.25) is 19.3 Å². The molecule has 6 nitrogen and oxygen atoms in total. The van der Waals surface area contributed by atoms with E-state index in [0.29, 0.717) is 35.7 Å². The van der Waals surface area contributed by atoms with Crippen molar-refractivity contribution in [3.05, 3.63) is 34.9 Å². The molecule has 1 saturated carbocycles. The van der Waals surface area contributed by atoms with Crippen LogP contribution in [0.1, 0.15) is 82.9 Å². The Balaban J connectivity index is 1.55. The summed E-state index contributed by atoms with van der Waals surface area (Å²) in [5, 5.41) is 0. The lowest BCUT2D eigenvalue weighted by Crippen LogP contribution is -2.45. The van der Waals surface area contributed by atoms with Crippen LogP contribution in [0.3, 0.4) is 0 Å². The molecule has 28 heavy (non-hydrogen) atoms. The van der Waals surface area contributed by atoms with Crippen molar-refractivity contribution in [2.75, 3.05) is 13.1 Å². The van der Waals surface area contributed by atoms with Gasteiger partial charge < -0.3 is 10.6 Å². The summed E-state index contributed by atoms with van der Waals surface area (Å²) in [5.41, 5.74) is 7.32. The lowest BCUT2D eigenvalue weighted by atomic mass is 9.91. The fourth-order valence-electron chi connectivity index (χ4n) is 4.87. The van der Waals surface area contributed by atoms with Crippen LogP contribution in [-0.2, 0) is 0 Å². The largest absolute Gasteiger partial charge is 0.338 e. The van der Waals surface area contributed by atoms with Gasteiger partial charge in [-0.1, -0.05) is 19.3 Å². The summed E-state index contributed by atoms with van der Waals surface area (Å²) in [6.07, 6.45) is 7.00. The van der Waals surface area contributed by atoms with E-state index in [1.165, 1.54) is 4.90 Å². The van der Waals surface area contributed by atoms with E-state index in [-0.39, 0.29) is 29.8 Å². The molecule has 0 bridgehead atoms. The zero-order chi connectivity index (χ0) is 19.8. The molecule has 0 radical (unpaired) electrons. The Morgan fingerprint density at radius 3 is 2.46 bits per heavy atom. The van der Waals surface area contributed by atoms with Gasteiger partial charge in [-0.05, 0) is 56.7 Å². The van der Waals surface area contributed by atoms with E-state index in [0.717, 1.165) is 44.9 Å². The smallest absolute Gasteiger partial charge is 0.261 e. The molecule has 2 aliphatic heterocycles. The summed E-state index contributed by atoms with van der Waals surface area (Å²) in [6.45, 7) is 3.34. The number of carbonyl (C=O) groups excluding carboxylic acids is 3. The highest BCUT2D eigenvalue weighted by Crippen LogP contribution is 2.32. The normalized spacial score (nSPS) is 24.4. The molecule has 1 aromatic rings. The minimum Gasteiger partial charge on any atom is -0.338 e. The van der Waals surface area contributed by atoms with E-state index >= 15 is 0 Å². The average molecular weight is 383 g/mol. The first-order valence-corrected chi connectivity index (χ1v) is 10.5. The Kier molecular flexibility index (Phi) is 5.23. The summed E-state index contributed by atoms with van der Waals surface area (Å²) >= 11 is 0. The molecule has 4 rings (SSSR count). The zero-order valence-corrected chi connectivity index (χ0v) is 16.5. The Labute approximate surface area is 166 Å². The average Bonchev–Trinajstić information content (AvgIpc) is 2.98. The minimum atomic E-state index is -0.242. The number of hydrogen-bond donors (Lipinski definition) is 1. The number of nitrogens with zero attached hydrogens (tertiary/aromatic N) is 2. The van der Waals surface area contributed by atoms with E-state index in [4.69, 9.17) is 5.73 Å². The number of amides is 3. The second-order valence-corrected chi connectivity index (χ2v) is 8.55. The molecule has 3 aliphatic rings. The molecule has 2 atom stereocenters. The van der Waals surface area contributed by atoms with Crippen molar-refractivity contribution in [2.45, 2.75) is 64.0 Å². The maximum atomic E-state index is 13.0. The van der Waals surface area contributed by atoms with Gasteiger partial charge in [0.2, 0.25) is 0 Å². The molecular formula is C22H29N3O3. The van der Waals surface area contributed by atoms with E-state index in [2.05, 4.69) is 0 Å². The van der Waals surface area contributed by atoms with Crippen LogP contribution in [0.25, 0.3) is 0 Å². The van der Waals surface area contributed by atoms with Crippen LogP contribution in [0.5, 0.6) is 0 Å². The molecule has 3 amide bonds. The van der Waals surface area contributed by atoms with Crippen LogP contribution in [-0.4, -0.2) is 52.7 Å². The van der Waals surface area contributed by atoms with Gasteiger partial charge in [-0.25, -0.2) is 0 Å². The van der Waals surface area contributed by atoms with Gasteiger partial charge in [0.15, 0.2) is 0 Å². The predicted octanol–water partition coefficient (Wildman–Crippen LogP) is 2.81. The lowest BCUT2D eigenvalue weighted by Gasteiger charge is -2.34. The molecule has 2 unspecified atom stereocenters. The number of likely N-dealkylation sites (tertiary alicyclic amines) is 1. The molecule has 1 saturated heterocycles. The van der Waals surface area contributed by atoms with Gasteiger partial charge in [0, 0.05) is 30.7 Å². The second-order valence-electron chi connectivity index (χ2n) is 8.55. The fraction of sp³-hybridized carbons (Fsp3) is 0.591. The summed E-state index contributed by atoms with van der Waals surface area (Å²) in [6, 6.07) is 5.01. The lowest BCUT2D eigenvalue weighted by molar-refractivity contribution is 0.0548. The fourth-order valence-corrected chi connectivity index (χ4v) is 4.87. The van der Waals surface area contributed by atoms with Crippen LogP contribution in [0, 0.1) is 5.92 Å². The number of carbonyl (C=O) groups is 3. The van der Waals surface area contributed by atoms with Gasteiger partial charge in [0.1, 0.15) is 0 Å². The molecule has 2 N–H and O–H groups in total. The molecule has 150 valence electrons. The standard InChI is InChI=1S/C22H29N3O3/c1-14(23)16-6-5-11-24(13-16)20(26)15-9-10-18-19(12-15)22(28)25(21(18)27)17-7-3-2-4-8-17/h9-10,12,14,16-17H,2-8,11,13,23H2,1H3. The Morgan fingerprint density at radius 2 is 1.75 bits per heavy atom. The molecule has 0 aromatic heterocycles. The Hall–Kier alpha value is -2.21. The predicted molar refractivity (Wildman–Crippen MR) is 106 cm³/mol. The maximum Gasteiger partial charge on any atom is 0.261 e.